The topological polar surface area (TPSA) is 29.3 Å². The normalized spacial score (nSPS) is 12.4. The van der Waals surface area contributed by atoms with Crippen LogP contribution >= 0.6 is 0 Å². The number of nitrogens with two attached hydrogens (primary N) is 1. The molecule has 0 heterocycles. The molecule has 0 saturated carbocycles. The standard InChI is InChI=1S/C13H30N2/c1-5-9-15(10-6-2)12-13(7-3,8-4)11-14/h5-12,14H2,1-4H3. The minimum atomic E-state index is 0.352. The largest absolute Gasteiger partial charge is 0.330 e. The predicted molar refractivity (Wildman–Crippen MR) is 69.1 cm³/mol. The van der Waals surface area contributed by atoms with Gasteiger partial charge in [0, 0.05) is 6.54 Å². The zero-order valence-electron chi connectivity index (χ0n) is 11.2. The summed E-state index contributed by atoms with van der Waals surface area (Å²) in [5, 5.41) is 0. The van der Waals surface area contributed by atoms with Crippen LogP contribution in [0.5, 0.6) is 0 Å². The lowest BCUT2D eigenvalue weighted by Gasteiger charge is -2.36. The van der Waals surface area contributed by atoms with Gasteiger partial charge in [-0.25, -0.2) is 0 Å². The Kier molecular flexibility index (Phi) is 8.07. The van der Waals surface area contributed by atoms with E-state index in [2.05, 4.69) is 32.6 Å². The van der Waals surface area contributed by atoms with Crippen LogP contribution in [-0.4, -0.2) is 31.1 Å². The molecule has 0 aromatic carbocycles. The Bertz CT molecular complexity index is 127. The summed E-state index contributed by atoms with van der Waals surface area (Å²) in [6.45, 7) is 13.5. The molecule has 0 atom stereocenters. The highest BCUT2D eigenvalue weighted by atomic mass is 15.1. The van der Waals surface area contributed by atoms with Gasteiger partial charge in [-0.2, -0.15) is 0 Å². The highest BCUT2D eigenvalue weighted by molar-refractivity contribution is 4.81. The molecule has 0 saturated heterocycles. The second-order valence-corrected chi connectivity index (χ2v) is 4.69. The second kappa shape index (κ2) is 8.12. The highest BCUT2D eigenvalue weighted by Gasteiger charge is 2.26. The summed E-state index contributed by atoms with van der Waals surface area (Å²) in [6.07, 6.45) is 4.88. The maximum Gasteiger partial charge on any atom is 0.00498 e. The zero-order valence-corrected chi connectivity index (χ0v) is 11.2. The molecule has 0 aliphatic carbocycles. The maximum atomic E-state index is 5.94. The summed E-state index contributed by atoms with van der Waals surface area (Å²) in [6, 6.07) is 0. The van der Waals surface area contributed by atoms with Crippen LogP contribution in [0.3, 0.4) is 0 Å². The van der Waals surface area contributed by atoms with E-state index in [4.69, 9.17) is 5.73 Å². The number of hydrogen-bond acceptors (Lipinski definition) is 2. The van der Waals surface area contributed by atoms with Gasteiger partial charge in [-0.3, -0.25) is 0 Å². The summed E-state index contributed by atoms with van der Waals surface area (Å²) in [7, 11) is 0. The maximum absolute atomic E-state index is 5.94. The quantitative estimate of drug-likeness (QED) is 0.639. The first-order valence-corrected chi connectivity index (χ1v) is 6.60. The van der Waals surface area contributed by atoms with Crippen LogP contribution < -0.4 is 5.73 Å². The number of hydrogen-bond donors (Lipinski definition) is 1. The van der Waals surface area contributed by atoms with E-state index in [1.165, 1.54) is 45.3 Å². The molecule has 0 bridgehead atoms. The van der Waals surface area contributed by atoms with E-state index in [0.29, 0.717) is 5.41 Å². The predicted octanol–water partition coefficient (Wildman–Crippen LogP) is 2.87. The van der Waals surface area contributed by atoms with Crippen LogP contribution in [0.4, 0.5) is 0 Å². The molecule has 15 heavy (non-hydrogen) atoms. The third kappa shape index (κ3) is 4.98. The van der Waals surface area contributed by atoms with Crippen LogP contribution in [0.15, 0.2) is 0 Å². The molecule has 2 nitrogen and oxygen atoms in total. The van der Waals surface area contributed by atoms with Crippen molar-refractivity contribution < 1.29 is 0 Å². The van der Waals surface area contributed by atoms with E-state index in [-0.39, 0.29) is 0 Å². The molecule has 0 aliphatic rings. The third-order valence-corrected chi connectivity index (χ3v) is 3.57. The van der Waals surface area contributed by atoms with Gasteiger partial charge < -0.3 is 10.6 Å². The molecule has 2 N–H and O–H groups in total. The van der Waals surface area contributed by atoms with Crippen molar-refractivity contribution >= 4 is 0 Å². The molecule has 0 aliphatic heterocycles. The van der Waals surface area contributed by atoms with E-state index >= 15 is 0 Å². The van der Waals surface area contributed by atoms with Gasteiger partial charge in [-0.1, -0.05) is 27.7 Å². The Hall–Kier alpha value is -0.0800. The van der Waals surface area contributed by atoms with E-state index in [1.807, 2.05) is 0 Å². The smallest absolute Gasteiger partial charge is 0.00498 e. The van der Waals surface area contributed by atoms with E-state index in [1.54, 1.807) is 0 Å². The van der Waals surface area contributed by atoms with Gasteiger partial charge in [0.15, 0.2) is 0 Å². The average Bonchev–Trinajstić information content (AvgIpc) is 2.27. The first-order chi connectivity index (χ1) is 7.17. The van der Waals surface area contributed by atoms with Crippen molar-refractivity contribution in [3.8, 4) is 0 Å². The average molecular weight is 214 g/mol. The van der Waals surface area contributed by atoms with Crippen molar-refractivity contribution in [1.82, 2.24) is 4.90 Å². The molecule has 0 aromatic rings. The second-order valence-electron chi connectivity index (χ2n) is 4.69. The number of rotatable bonds is 9. The summed E-state index contributed by atoms with van der Waals surface area (Å²) in [5.74, 6) is 0. The van der Waals surface area contributed by atoms with Gasteiger partial charge in [0.25, 0.3) is 0 Å². The van der Waals surface area contributed by atoms with Crippen molar-refractivity contribution in [1.29, 1.82) is 0 Å². The molecule has 0 unspecified atom stereocenters. The molecular weight excluding hydrogens is 184 g/mol. The van der Waals surface area contributed by atoms with Gasteiger partial charge in [0.05, 0.1) is 0 Å². The minimum absolute atomic E-state index is 0.352. The summed E-state index contributed by atoms with van der Waals surface area (Å²) in [4.78, 5) is 2.58. The summed E-state index contributed by atoms with van der Waals surface area (Å²) in [5.41, 5.74) is 6.29. The highest BCUT2D eigenvalue weighted by Crippen LogP contribution is 2.26. The Morgan fingerprint density at radius 2 is 1.40 bits per heavy atom. The molecule has 0 aromatic heterocycles. The molecule has 0 radical (unpaired) electrons. The van der Waals surface area contributed by atoms with Crippen LogP contribution in [0.1, 0.15) is 53.4 Å². The van der Waals surface area contributed by atoms with Crippen LogP contribution in [0.2, 0.25) is 0 Å². The Labute approximate surface area is 96.2 Å². The first kappa shape index (κ1) is 14.9. The molecule has 0 amide bonds. The Balaban J connectivity index is 4.30. The Morgan fingerprint density at radius 3 is 1.67 bits per heavy atom. The fourth-order valence-corrected chi connectivity index (χ4v) is 2.20. The molecular formula is C13H30N2. The first-order valence-electron chi connectivity index (χ1n) is 6.60. The lowest BCUT2D eigenvalue weighted by Crippen LogP contribution is -2.42. The van der Waals surface area contributed by atoms with Gasteiger partial charge in [-0.15, -0.1) is 0 Å². The fraction of sp³-hybridized carbons (Fsp3) is 1.00. The number of nitrogens with zero attached hydrogens (tertiary/aromatic N) is 1. The van der Waals surface area contributed by atoms with Crippen molar-refractivity contribution in [3.05, 3.63) is 0 Å². The minimum Gasteiger partial charge on any atom is -0.330 e. The Morgan fingerprint density at radius 1 is 0.933 bits per heavy atom. The van der Waals surface area contributed by atoms with Crippen LogP contribution in [-0.2, 0) is 0 Å². The summed E-state index contributed by atoms with van der Waals surface area (Å²) >= 11 is 0. The molecule has 0 fully saturated rings. The van der Waals surface area contributed by atoms with Crippen molar-refractivity contribution in [2.45, 2.75) is 53.4 Å². The third-order valence-electron chi connectivity index (χ3n) is 3.57. The van der Waals surface area contributed by atoms with Gasteiger partial charge in [0.2, 0.25) is 0 Å². The summed E-state index contributed by atoms with van der Waals surface area (Å²) < 4.78 is 0. The molecule has 2 heteroatoms. The fourth-order valence-electron chi connectivity index (χ4n) is 2.20. The van der Waals surface area contributed by atoms with Crippen molar-refractivity contribution in [2.75, 3.05) is 26.2 Å². The monoisotopic (exact) mass is 214 g/mol. The van der Waals surface area contributed by atoms with E-state index < -0.39 is 0 Å². The van der Waals surface area contributed by atoms with E-state index in [0.717, 1.165) is 6.54 Å². The lowest BCUT2D eigenvalue weighted by atomic mass is 9.82. The van der Waals surface area contributed by atoms with Crippen LogP contribution in [0, 0.1) is 5.41 Å². The van der Waals surface area contributed by atoms with Crippen LogP contribution in [0.25, 0.3) is 0 Å². The van der Waals surface area contributed by atoms with Crippen molar-refractivity contribution in [3.63, 3.8) is 0 Å². The van der Waals surface area contributed by atoms with E-state index in [9.17, 15) is 0 Å². The van der Waals surface area contributed by atoms with Gasteiger partial charge in [-0.05, 0) is 50.7 Å². The molecule has 0 rings (SSSR count). The van der Waals surface area contributed by atoms with Gasteiger partial charge >= 0.3 is 0 Å². The lowest BCUT2D eigenvalue weighted by molar-refractivity contribution is 0.143. The zero-order chi connectivity index (χ0) is 11.7. The molecule has 92 valence electrons. The molecule has 0 spiro atoms. The SMILES string of the molecule is CCCN(CCC)CC(CC)(CC)CN. The van der Waals surface area contributed by atoms with Gasteiger partial charge in [0.1, 0.15) is 0 Å². The van der Waals surface area contributed by atoms with Crippen molar-refractivity contribution in [2.24, 2.45) is 11.1 Å².